The van der Waals surface area contributed by atoms with Gasteiger partial charge in [-0.25, -0.2) is 0 Å². The highest BCUT2D eigenvalue weighted by Gasteiger charge is 2.27. The highest BCUT2D eigenvalue weighted by atomic mass is 35.5. The Bertz CT molecular complexity index is 345. The minimum absolute atomic E-state index is 0.489. The van der Waals surface area contributed by atoms with Crippen LogP contribution in [0.5, 0.6) is 0 Å². The average Bonchev–Trinajstić information content (AvgIpc) is 2.02. The first-order valence-electron chi connectivity index (χ1n) is 4.40. The molecule has 1 aromatic rings. The number of rotatable bonds is 3. The summed E-state index contributed by atoms with van der Waals surface area (Å²) in [6, 6.07) is 7.29. The molecule has 76 valence electrons. The maximum Gasteiger partial charge on any atom is 0.309 e. The van der Waals surface area contributed by atoms with E-state index < -0.39 is 11.4 Å². The Morgan fingerprint density at radius 1 is 1.50 bits per heavy atom. The average molecular weight is 213 g/mol. The molecule has 0 heterocycles. The van der Waals surface area contributed by atoms with Crippen molar-refractivity contribution in [1.82, 2.24) is 0 Å². The number of hydrogen-bond donors (Lipinski definition) is 1. The van der Waals surface area contributed by atoms with E-state index in [2.05, 4.69) is 0 Å². The third-order valence-electron chi connectivity index (χ3n) is 2.11. The zero-order chi connectivity index (χ0) is 10.8. The largest absolute Gasteiger partial charge is 0.481 e. The van der Waals surface area contributed by atoms with Crippen LogP contribution < -0.4 is 0 Å². The van der Waals surface area contributed by atoms with Crippen LogP contribution in [0.2, 0.25) is 5.02 Å². The molecule has 1 rings (SSSR count). The van der Waals surface area contributed by atoms with Crippen LogP contribution >= 0.6 is 11.6 Å². The standard InChI is InChI=1S/C11H13ClO2/c1-11(2,10(13)14)7-8-4-3-5-9(12)6-8/h3-6H,7H2,1-2H3,(H,13,14). The number of hydrogen-bond acceptors (Lipinski definition) is 1. The minimum atomic E-state index is -0.794. The van der Waals surface area contributed by atoms with Crippen molar-refractivity contribution in [2.24, 2.45) is 5.41 Å². The maximum absolute atomic E-state index is 10.9. The van der Waals surface area contributed by atoms with Gasteiger partial charge in [0.15, 0.2) is 0 Å². The zero-order valence-electron chi connectivity index (χ0n) is 8.25. The molecule has 3 heteroatoms. The van der Waals surface area contributed by atoms with Crippen molar-refractivity contribution in [3.8, 4) is 0 Å². The maximum atomic E-state index is 10.9. The number of carboxylic acids is 1. The molecule has 0 saturated carbocycles. The van der Waals surface area contributed by atoms with Crippen molar-refractivity contribution in [3.63, 3.8) is 0 Å². The molecule has 0 atom stereocenters. The Morgan fingerprint density at radius 3 is 2.64 bits per heavy atom. The van der Waals surface area contributed by atoms with Gasteiger partial charge in [-0.1, -0.05) is 23.7 Å². The molecule has 0 aliphatic carbocycles. The predicted molar refractivity (Wildman–Crippen MR) is 56.6 cm³/mol. The molecule has 0 saturated heterocycles. The molecule has 0 aromatic heterocycles. The van der Waals surface area contributed by atoms with Gasteiger partial charge in [0.05, 0.1) is 5.41 Å². The first-order chi connectivity index (χ1) is 6.42. The van der Waals surface area contributed by atoms with Gasteiger partial charge in [-0.15, -0.1) is 0 Å². The van der Waals surface area contributed by atoms with Gasteiger partial charge >= 0.3 is 5.97 Å². The number of carbonyl (C=O) groups is 1. The van der Waals surface area contributed by atoms with Gasteiger partial charge in [0.25, 0.3) is 0 Å². The fourth-order valence-corrected chi connectivity index (χ4v) is 1.45. The van der Waals surface area contributed by atoms with Gasteiger partial charge in [-0.2, -0.15) is 0 Å². The normalized spacial score (nSPS) is 11.4. The summed E-state index contributed by atoms with van der Waals surface area (Å²) in [6.07, 6.45) is 0.489. The fourth-order valence-electron chi connectivity index (χ4n) is 1.23. The fraction of sp³-hybridized carbons (Fsp3) is 0.364. The van der Waals surface area contributed by atoms with E-state index in [0.29, 0.717) is 11.4 Å². The van der Waals surface area contributed by atoms with E-state index in [1.807, 2.05) is 12.1 Å². The molecule has 14 heavy (non-hydrogen) atoms. The molecule has 1 aromatic carbocycles. The second kappa shape index (κ2) is 4.01. The van der Waals surface area contributed by atoms with E-state index in [-0.39, 0.29) is 0 Å². The van der Waals surface area contributed by atoms with Crippen molar-refractivity contribution in [2.45, 2.75) is 20.3 Å². The quantitative estimate of drug-likeness (QED) is 0.837. The van der Waals surface area contributed by atoms with Crippen molar-refractivity contribution >= 4 is 17.6 Å². The van der Waals surface area contributed by atoms with Crippen LogP contribution in [0.15, 0.2) is 24.3 Å². The van der Waals surface area contributed by atoms with E-state index in [4.69, 9.17) is 16.7 Å². The molecule has 0 radical (unpaired) electrons. The molecule has 2 nitrogen and oxygen atoms in total. The second-order valence-electron chi connectivity index (χ2n) is 4.00. The van der Waals surface area contributed by atoms with E-state index >= 15 is 0 Å². The Morgan fingerprint density at radius 2 is 2.14 bits per heavy atom. The SMILES string of the molecule is CC(C)(Cc1cccc(Cl)c1)C(=O)O. The summed E-state index contributed by atoms with van der Waals surface area (Å²) >= 11 is 5.81. The summed E-state index contributed by atoms with van der Waals surface area (Å²) in [5.41, 5.74) is 0.204. The van der Waals surface area contributed by atoms with Crippen molar-refractivity contribution in [3.05, 3.63) is 34.9 Å². The highest BCUT2D eigenvalue weighted by Crippen LogP contribution is 2.23. The van der Waals surface area contributed by atoms with Crippen LogP contribution in [0, 0.1) is 5.41 Å². The Kier molecular flexibility index (Phi) is 3.17. The molecule has 0 amide bonds. The number of aliphatic carboxylic acids is 1. The molecule has 0 aliphatic heterocycles. The lowest BCUT2D eigenvalue weighted by molar-refractivity contribution is -0.146. The summed E-state index contributed by atoms with van der Waals surface area (Å²) in [7, 11) is 0. The molecule has 0 bridgehead atoms. The highest BCUT2D eigenvalue weighted by molar-refractivity contribution is 6.30. The van der Waals surface area contributed by atoms with Crippen molar-refractivity contribution < 1.29 is 9.90 Å². The van der Waals surface area contributed by atoms with E-state index in [1.165, 1.54) is 0 Å². The van der Waals surface area contributed by atoms with E-state index in [0.717, 1.165) is 5.56 Å². The molecule has 0 spiro atoms. The van der Waals surface area contributed by atoms with Gasteiger partial charge in [0, 0.05) is 5.02 Å². The first kappa shape index (κ1) is 11.1. The first-order valence-corrected chi connectivity index (χ1v) is 4.77. The Hall–Kier alpha value is -1.02. The van der Waals surface area contributed by atoms with Crippen LogP contribution in [0.4, 0.5) is 0 Å². The monoisotopic (exact) mass is 212 g/mol. The topological polar surface area (TPSA) is 37.3 Å². The third kappa shape index (κ3) is 2.74. The lowest BCUT2D eigenvalue weighted by Crippen LogP contribution is -2.26. The predicted octanol–water partition coefficient (Wildman–Crippen LogP) is 2.99. The lowest BCUT2D eigenvalue weighted by atomic mass is 9.86. The summed E-state index contributed by atoms with van der Waals surface area (Å²) in [5.74, 6) is -0.794. The molecule has 1 N–H and O–H groups in total. The summed E-state index contributed by atoms with van der Waals surface area (Å²) in [6.45, 7) is 3.41. The second-order valence-corrected chi connectivity index (χ2v) is 4.43. The molecule has 0 aliphatic rings. The van der Waals surface area contributed by atoms with Crippen LogP contribution in [-0.4, -0.2) is 11.1 Å². The van der Waals surface area contributed by atoms with E-state index in [9.17, 15) is 4.79 Å². The van der Waals surface area contributed by atoms with Gasteiger partial charge in [-0.05, 0) is 38.0 Å². The third-order valence-corrected chi connectivity index (χ3v) is 2.35. The van der Waals surface area contributed by atoms with Crippen LogP contribution in [0.3, 0.4) is 0 Å². The zero-order valence-corrected chi connectivity index (χ0v) is 9.01. The van der Waals surface area contributed by atoms with Crippen LogP contribution in [0.1, 0.15) is 19.4 Å². The Labute approximate surface area is 88.5 Å². The summed E-state index contributed by atoms with van der Waals surface area (Å²) in [5, 5.41) is 9.58. The molecular weight excluding hydrogens is 200 g/mol. The van der Waals surface area contributed by atoms with Gasteiger partial charge in [0.2, 0.25) is 0 Å². The number of carboxylic acid groups (broad SMARTS) is 1. The van der Waals surface area contributed by atoms with E-state index in [1.54, 1.807) is 26.0 Å². The Balaban J connectivity index is 2.83. The van der Waals surface area contributed by atoms with Crippen LogP contribution in [0.25, 0.3) is 0 Å². The molecular formula is C11H13ClO2. The minimum Gasteiger partial charge on any atom is -0.481 e. The lowest BCUT2D eigenvalue weighted by Gasteiger charge is -2.18. The molecule has 0 fully saturated rings. The number of benzene rings is 1. The van der Waals surface area contributed by atoms with Crippen molar-refractivity contribution in [1.29, 1.82) is 0 Å². The van der Waals surface area contributed by atoms with Gasteiger partial charge in [0.1, 0.15) is 0 Å². The molecule has 0 unspecified atom stereocenters. The summed E-state index contributed by atoms with van der Waals surface area (Å²) < 4.78 is 0. The van der Waals surface area contributed by atoms with Gasteiger partial charge < -0.3 is 5.11 Å². The number of halogens is 1. The summed E-state index contributed by atoms with van der Waals surface area (Å²) in [4.78, 5) is 10.9. The van der Waals surface area contributed by atoms with Crippen LogP contribution in [-0.2, 0) is 11.2 Å². The smallest absolute Gasteiger partial charge is 0.309 e. The van der Waals surface area contributed by atoms with Crippen molar-refractivity contribution in [2.75, 3.05) is 0 Å². The van der Waals surface area contributed by atoms with Gasteiger partial charge in [-0.3, -0.25) is 4.79 Å².